The lowest BCUT2D eigenvalue weighted by molar-refractivity contribution is 0.475. The molecule has 1 aromatic carbocycles. The Kier molecular flexibility index (Phi) is 3.92. The van der Waals surface area contributed by atoms with Crippen molar-refractivity contribution in [3.05, 3.63) is 47.4 Å². The first-order valence-electron chi connectivity index (χ1n) is 7.59. The number of pyridine rings is 1. The van der Waals surface area contributed by atoms with Crippen LogP contribution in [0.4, 0.5) is 5.82 Å². The summed E-state index contributed by atoms with van der Waals surface area (Å²) in [5, 5.41) is 18.9. The van der Waals surface area contributed by atoms with Crippen molar-refractivity contribution in [3.8, 4) is 34.3 Å². The molecule has 2 heterocycles. The van der Waals surface area contributed by atoms with Crippen LogP contribution in [0.5, 0.6) is 5.75 Å². The molecule has 0 bridgehead atoms. The van der Waals surface area contributed by atoms with E-state index in [1.165, 1.54) is 0 Å². The smallest absolute Gasteiger partial charge is 0.142 e. The van der Waals surface area contributed by atoms with E-state index >= 15 is 0 Å². The number of nitriles is 1. The predicted octanol–water partition coefficient (Wildman–Crippen LogP) is 3.17. The van der Waals surface area contributed by atoms with E-state index in [1.807, 2.05) is 19.9 Å². The first-order chi connectivity index (χ1) is 11.5. The van der Waals surface area contributed by atoms with Crippen LogP contribution in [0.3, 0.4) is 0 Å². The Morgan fingerprint density at radius 3 is 2.54 bits per heavy atom. The molecule has 0 unspecified atom stereocenters. The van der Waals surface area contributed by atoms with Gasteiger partial charge in [0, 0.05) is 23.2 Å². The number of hydrogen-bond acceptors (Lipinski definition) is 5. The second kappa shape index (κ2) is 6.05. The lowest BCUT2D eigenvalue weighted by Crippen LogP contribution is -2.00. The number of anilines is 1. The maximum atomic E-state index is 9.47. The number of H-pyrrole nitrogens is 1. The number of phenolic OH excluding ortho intramolecular Hbond substituents is 1. The third-order valence-electron chi connectivity index (χ3n) is 3.85. The highest BCUT2D eigenvalue weighted by Gasteiger charge is 2.17. The second-order valence-corrected chi connectivity index (χ2v) is 5.48. The molecule has 6 nitrogen and oxygen atoms in total. The average Bonchev–Trinajstić information content (AvgIpc) is 2.95. The monoisotopic (exact) mass is 319 g/mol. The maximum Gasteiger partial charge on any atom is 0.142 e. The van der Waals surface area contributed by atoms with E-state index < -0.39 is 0 Å². The fourth-order valence-electron chi connectivity index (χ4n) is 2.60. The molecule has 2 aromatic heterocycles. The highest BCUT2D eigenvalue weighted by atomic mass is 16.3. The Morgan fingerprint density at radius 1 is 1.25 bits per heavy atom. The first kappa shape index (κ1) is 15.6. The largest absolute Gasteiger partial charge is 0.508 e. The second-order valence-electron chi connectivity index (χ2n) is 5.48. The minimum Gasteiger partial charge on any atom is -0.508 e. The lowest BCUT2D eigenvalue weighted by Gasteiger charge is -2.09. The van der Waals surface area contributed by atoms with Gasteiger partial charge in [-0.15, -0.1) is 0 Å². The van der Waals surface area contributed by atoms with Gasteiger partial charge in [0.25, 0.3) is 0 Å². The Bertz CT molecular complexity index is 935. The van der Waals surface area contributed by atoms with Crippen LogP contribution < -0.4 is 5.73 Å². The van der Waals surface area contributed by atoms with Crippen molar-refractivity contribution in [2.75, 3.05) is 5.73 Å². The van der Waals surface area contributed by atoms with Crippen molar-refractivity contribution in [2.24, 2.45) is 0 Å². The Balaban J connectivity index is 2.22. The van der Waals surface area contributed by atoms with E-state index in [-0.39, 0.29) is 11.6 Å². The van der Waals surface area contributed by atoms with Gasteiger partial charge >= 0.3 is 0 Å². The Hall–Kier alpha value is -3.33. The summed E-state index contributed by atoms with van der Waals surface area (Å²) in [6.07, 6.45) is 0.772. The summed E-state index contributed by atoms with van der Waals surface area (Å²) in [6, 6.07) is 10.6. The van der Waals surface area contributed by atoms with Crippen LogP contribution in [0.1, 0.15) is 24.0 Å². The molecule has 3 aromatic rings. The van der Waals surface area contributed by atoms with Gasteiger partial charge in [0.2, 0.25) is 0 Å². The number of rotatable bonds is 3. The summed E-state index contributed by atoms with van der Waals surface area (Å²) >= 11 is 0. The molecular weight excluding hydrogens is 302 g/mol. The molecular formula is C18H17N5O. The summed E-state index contributed by atoms with van der Waals surface area (Å²) in [4.78, 5) is 12.1. The molecule has 0 saturated carbocycles. The van der Waals surface area contributed by atoms with Crippen LogP contribution in [0, 0.1) is 18.3 Å². The van der Waals surface area contributed by atoms with Gasteiger partial charge in [-0.05, 0) is 37.3 Å². The molecule has 3 rings (SSSR count). The fraction of sp³-hybridized carbons (Fsp3) is 0.167. The van der Waals surface area contributed by atoms with Crippen LogP contribution >= 0.6 is 0 Å². The number of nitrogen functional groups attached to an aromatic ring is 1. The number of aromatic nitrogens is 3. The van der Waals surface area contributed by atoms with Crippen LogP contribution in [0.15, 0.2) is 30.3 Å². The molecule has 0 atom stereocenters. The van der Waals surface area contributed by atoms with Crippen LogP contribution in [0.25, 0.3) is 22.5 Å². The number of nitrogens with two attached hydrogens (primary N) is 1. The first-order valence-corrected chi connectivity index (χ1v) is 7.59. The van der Waals surface area contributed by atoms with Crippen molar-refractivity contribution in [2.45, 2.75) is 20.3 Å². The maximum absolute atomic E-state index is 9.47. The zero-order chi connectivity index (χ0) is 17.3. The molecule has 0 aliphatic rings. The summed E-state index contributed by atoms with van der Waals surface area (Å²) in [7, 11) is 0. The molecule has 24 heavy (non-hydrogen) atoms. The molecule has 0 aliphatic carbocycles. The van der Waals surface area contributed by atoms with E-state index in [4.69, 9.17) is 5.73 Å². The zero-order valence-electron chi connectivity index (χ0n) is 13.5. The Labute approximate surface area is 139 Å². The lowest BCUT2D eigenvalue weighted by atomic mass is 10.0. The van der Waals surface area contributed by atoms with Gasteiger partial charge in [-0.1, -0.05) is 6.92 Å². The highest BCUT2D eigenvalue weighted by molar-refractivity contribution is 5.79. The number of nitrogens with one attached hydrogen (secondary N) is 1. The molecule has 4 N–H and O–H groups in total. The number of nitrogens with zero attached hydrogens (tertiary/aromatic N) is 3. The normalized spacial score (nSPS) is 10.5. The molecule has 0 saturated heterocycles. The van der Waals surface area contributed by atoms with Gasteiger partial charge in [0.1, 0.15) is 29.0 Å². The van der Waals surface area contributed by atoms with Crippen molar-refractivity contribution in [1.82, 2.24) is 15.0 Å². The van der Waals surface area contributed by atoms with Gasteiger partial charge in [0.15, 0.2) is 0 Å². The van der Waals surface area contributed by atoms with E-state index in [0.29, 0.717) is 22.5 Å². The molecule has 0 amide bonds. The SMILES string of the molecule is CCc1nc(-c2cc(-c3ccc(O)cc3)nc(N)c2C#N)c(C)[nH]1. The Morgan fingerprint density at radius 2 is 1.96 bits per heavy atom. The number of imidazole rings is 1. The fourth-order valence-corrected chi connectivity index (χ4v) is 2.60. The molecule has 0 spiro atoms. The van der Waals surface area contributed by atoms with E-state index in [0.717, 1.165) is 23.5 Å². The van der Waals surface area contributed by atoms with Crippen LogP contribution in [-0.4, -0.2) is 20.1 Å². The topological polar surface area (TPSA) is 112 Å². The minimum absolute atomic E-state index is 0.165. The zero-order valence-corrected chi connectivity index (χ0v) is 13.5. The predicted molar refractivity (Wildman–Crippen MR) is 92.2 cm³/mol. The van der Waals surface area contributed by atoms with Crippen molar-refractivity contribution in [3.63, 3.8) is 0 Å². The highest BCUT2D eigenvalue weighted by Crippen LogP contribution is 2.32. The quantitative estimate of drug-likeness (QED) is 0.686. The molecule has 0 fully saturated rings. The molecule has 0 radical (unpaired) electrons. The third kappa shape index (κ3) is 2.68. The number of phenols is 1. The van der Waals surface area contributed by atoms with E-state index in [2.05, 4.69) is 21.0 Å². The molecule has 6 heteroatoms. The number of aromatic hydroxyl groups is 1. The van der Waals surface area contributed by atoms with Gasteiger partial charge in [0.05, 0.1) is 11.4 Å². The number of benzene rings is 1. The minimum atomic E-state index is 0.165. The van der Waals surface area contributed by atoms with Crippen molar-refractivity contribution in [1.29, 1.82) is 5.26 Å². The summed E-state index contributed by atoms with van der Waals surface area (Å²) in [6.45, 7) is 3.93. The number of aryl methyl sites for hydroxylation is 2. The number of aromatic amines is 1. The van der Waals surface area contributed by atoms with Crippen molar-refractivity contribution < 1.29 is 5.11 Å². The van der Waals surface area contributed by atoms with Gasteiger partial charge in [-0.2, -0.15) is 5.26 Å². The van der Waals surface area contributed by atoms with Gasteiger partial charge in [-0.3, -0.25) is 0 Å². The third-order valence-corrected chi connectivity index (χ3v) is 3.85. The van der Waals surface area contributed by atoms with Gasteiger partial charge < -0.3 is 15.8 Å². The standard InChI is InChI=1S/C18H17N5O/c1-3-16-21-10(2)17(23-16)13-8-15(22-18(20)14(13)9-19)11-4-6-12(24)7-5-11/h4-8,24H,3H2,1-2H3,(H2,20,22)(H,21,23). The van der Waals surface area contributed by atoms with E-state index in [1.54, 1.807) is 24.3 Å². The van der Waals surface area contributed by atoms with E-state index in [9.17, 15) is 10.4 Å². The van der Waals surface area contributed by atoms with Gasteiger partial charge in [-0.25, -0.2) is 9.97 Å². The molecule has 120 valence electrons. The molecule has 0 aliphatic heterocycles. The summed E-state index contributed by atoms with van der Waals surface area (Å²) < 4.78 is 0. The average molecular weight is 319 g/mol. The van der Waals surface area contributed by atoms with Crippen LogP contribution in [-0.2, 0) is 6.42 Å². The number of hydrogen-bond donors (Lipinski definition) is 3. The van der Waals surface area contributed by atoms with Crippen molar-refractivity contribution >= 4 is 5.82 Å². The van der Waals surface area contributed by atoms with Crippen LogP contribution in [0.2, 0.25) is 0 Å². The summed E-state index contributed by atoms with van der Waals surface area (Å²) in [5.41, 5.74) is 9.99. The summed E-state index contributed by atoms with van der Waals surface area (Å²) in [5.74, 6) is 1.20.